The summed E-state index contributed by atoms with van der Waals surface area (Å²) >= 11 is 9.42. The van der Waals surface area contributed by atoms with Crippen LogP contribution in [0.15, 0.2) is 46.9 Å². The van der Waals surface area contributed by atoms with E-state index in [1.807, 2.05) is 12.1 Å². The first-order valence-electron chi connectivity index (χ1n) is 6.30. The molecule has 1 atom stereocenters. The van der Waals surface area contributed by atoms with E-state index in [0.717, 1.165) is 16.0 Å². The van der Waals surface area contributed by atoms with Crippen molar-refractivity contribution in [2.75, 3.05) is 0 Å². The van der Waals surface area contributed by atoms with Gasteiger partial charge in [0.2, 0.25) is 0 Å². The summed E-state index contributed by atoms with van der Waals surface area (Å²) in [6.45, 7) is 5.13. The smallest absolute Gasteiger partial charge is 0.0406 e. The molecule has 0 amide bonds. The molecule has 0 aliphatic carbocycles. The van der Waals surface area contributed by atoms with Gasteiger partial charge in [0.15, 0.2) is 0 Å². The Hall–Kier alpha value is -0.830. The Balaban J connectivity index is 1.98. The predicted octanol–water partition coefficient (Wildman–Crippen LogP) is 5.26. The Morgan fingerprint density at radius 2 is 1.84 bits per heavy atom. The van der Waals surface area contributed by atoms with E-state index in [-0.39, 0.29) is 0 Å². The van der Waals surface area contributed by atoms with Crippen LogP contribution >= 0.6 is 27.5 Å². The molecule has 1 unspecified atom stereocenters. The van der Waals surface area contributed by atoms with Gasteiger partial charge in [0.05, 0.1) is 0 Å². The molecule has 2 aromatic carbocycles. The molecule has 19 heavy (non-hydrogen) atoms. The van der Waals surface area contributed by atoms with Crippen molar-refractivity contribution >= 4 is 27.5 Å². The Kier molecular flexibility index (Phi) is 5.03. The highest BCUT2D eigenvalue weighted by molar-refractivity contribution is 9.10. The van der Waals surface area contributed by atoms with E-state index in [2.05, 4.69) is 65.4 Å². The van der Waals surface area contributed by atoms with Crippen LogP contribution in [-0.4, -0.2) is 0 Å². The molecule has 0 heterocycles. The maximum Gasteiger partial charge on any atom is 0.0406 e. The van der Waals surface area contributed by atoms with Gasteiger partial charge in [-0.15, -0.1) is 0 Å². The molecule has 0 saturated carbocycles. The maximum atomic E-state index is 5.90. The van der Waals surface area contributed by atoms with E-state index in [1.165, 1.54) is 16.7 Å². The lowest BCUT2D eigenvalue weighted by molar-refractivity contribution is 0.574. The van der Waals surface area contributed by atoms with Crippen LogP contribution in [0.2, 0.25) is 5.02 Å². The molecule has 0 spiro atoms. The molecule has 1 N–H and O–H groups in total. The van der Waals surface area contributed by atoms with E-state index in [4.69, 9.17) is 11.6 Å². The van der Waals surface area contributed by atoms with E-state index >= 15 is 0 Å². The second kappa shape index (κ2) is 6.56. The van der Waals surface area contributed by atoms with Crippen LogP contribution in [0.25, 0.3) is 0 Å². The summed E-state index contributed by atoms with van der Waals surface area (Å²) in [5, 5.41) is 4.30. The monoisotopic (exact) mass is 337 g/mol. The molecule has 0 aliphatic rings. The van der Waals surface area contributed by atoms with Crippen LogP contribution in [0.3, 0.4) is 0 Å². The summed E-state index contributed by atoms with van der Waals surface area (Å²) in [7, 11) is 0. The average Bonchev–Trinajstić information content (AvgIpc) is 2.40. The molecule has 1 nitrogen and oxygen atoms in total. The van der Waals surface area contributed by atoms with Gasteiger partial charge in [-0.05, 0) is 48.7 Å². The quantitative estimate of drug-likeness (QED) is 0.801. The number of benzene rings is 2. The average molecular weight is 339 g/mol. The lowest BCUT2D eigenvalue weighted by Crippen LogP contribution is -2.18. The first kappa shape index (κ1) is 14.6. The molecule has 0 radical (unpaired) electrons. The maximum absolute atomic E-state index is 5.90. The highest BCUT2D eigenvalue weighted by Gasteiger charge is 2.05. The van der Waals surface area contributed by atoms with Crippen molar-refractivity contribution in [3.8, 4) is 0 Å². The number of nitrogens with one attached hydrogen (secondary N) is 1. The lowest BCUT2D eigenvalue weighted by atomic mass is 10.1. The van der Waals surface area contributed by atoms with Crippen LogP contribution in [0.4, 0.5) is 0 Å². The molecular formula is C16H17BrClN. The summed E-state index contributed by atoms with van der Waals surface area (Å²) in [5.41, 5.74) is 3.80. The number of hydrogen-bond donors (Lipinski definition) is 1. The first-order chi connectivity index (χ1) is 9.06. The Bertz CT molecular complexity index is 551. The molecular weight excluding hydrogens is 322 g/mol. The number of rotatable bonds is 4. The zero-order valence-electron chi connectivity index (χ0n) is 11.1. The van der Waals surface area contributed by atoms with Gasteiger partial charge in [0, 0.05) is 22.1 Å². The SMILES string of the molecule is Cc1cc(CNC(C)c2ccc(Cl)cc2)ccc1Br. The highest BCUT2D eigenvalue weighted by Crippen LogP contribution is 2.19. The van der Waals surface area contributed by atoms with Gasteiger partial charge in [0.1, 0.15) is 0 Å². The van der Waals surface area contributed by atoms with Crippen molar-refractivity contribution < 1.29 is 0 Å². The summed E-state index contributed by atoms with van der Waals surface area (Å²) in [6.07, 6.45) is 0. The second-order valence-corrected chi connectivity index (χ2v) is 6.03. The zero-order chi connectivity index (χ0) is 13.8. The van der Waals surface area contributed by atoms with Gasteiger partial charge in [-0.3, -0.25) is 0 Å². The van der Waals surface area contributed by atoms with E-state index in [9.17, 15) is 0 Å². The zero-order valence-corrected chi connectivity index (χ0v) is 13.4. The minimum atomic E-state index is 0.307. The summed E-state index contributed by atoms with van der Waals surface area (Å²) < 4.78 is 1.15. The standard InChI is InChI=1S/C16H17BrClN/c1-11-9-13(3-8-16(11)17)10-19-12(2)14-4-6-15(18)7-5-14/h3-9,12,19H,10H2,1-2H3. The van der Waals surface area contributed by atoms with Gasteiger partial charge < -0.3 is 5.32 Å². The Labute approximate surface area is 128 Å². The lowest BCUT2D eigenvalue weighted by Gasteiger charge is -2.15. The van der Waals surface area contributed by atoms with Gasteiger partial charge in [-0.25, -0.2) is 0 Å². The fourth-order valence-electron chi connectivity index (χ4n) is 1.96. The van der Waals surface area contributed by atoms with E-state index in [0.29, 0.717) is 6.04 Å². The first-order valence-corrected chi connectivity index (χ1v) is 7.47. The van der Waals surface area contributed by atoms with Crippen molar-refractivity contribution in [3.63, 3.8) is 0 Å². The van der Waals surface area contributed by atoms with Crippen LogP contribution in [0.5, 0.6) is 0 Å². The fraction of sp³-hybridized carbons (Fsp3) is 0.250. The topological polar surface area (TPSA) is 12.0 Å². The minimum Gasteiger partial charge on any atom is -0.306 e. The molecule has 2 rings (SSSR count). The molecule has 0 saturated heterocycles. The van der Waals surface area contributed by atoms with Crippen molar-refractivity contribution in [2.24, 2.45) is 0 Å². The molecule has 0 fully saturated rings. The Morgan fingerprint density at radius 1 is 1.16 bits per heavy atom. The van der Waals surface area contributed by atoms with Crippen molar-refractivity contribution in [2.45, 2.75) is 26.4 Å². The van der Waals surface area contributed by atoms with Crippen LogP contribution in [0.1, 0.15) is 29.7 Å². The number of hydrogen-bond acceptors (Lipinski definition) is 1. The molecule has 0 aliphatic heterocycles. The van der Waals surface area contributed by atoms with Crippen LogP contribution in [-0.2, 0) is 6.54 Å². The van der Waals surface area contributed by atoms with Gasteiger partial charge in [0.25, 0.3) is 0 Å². The van der Waals surface area contributed by atoms with Crippen LogP contribution < -0.4 is 5.32 Å². The second-order valence-electron chi connectivity index (χ2n) is 4.74. The number of aryl methyl sites for hydroxylation is 1. The van der Waals surface area contributed by atoms with E-state index in [1.54, 1.807) is 0 Å². The molecule has 0 bridgehead atoms. The van der Waals surface area contributed by atoms with E-state index < -0.39 is 0 Å². The normalized spacial score (nSPS) is 12.4. The summed E-state index contributed by atoms with van der Waals surface area (Å²) in [6, 6.07) is 14.7. The molecule has 0 aromatic heterocycles. The van der Waals surface area contributed by atoms with Crippen molar-refractivity contribution in [1.29, 1.82) is 0 Å². The van der Waals surface area contributed by atoms with Crippen molar-refractivity contribution in [3.05, 3.63) is 68.7 Å². The van der Waals surface area contributed by atoms with Crippen molar-refractivity contribution in [1.82, 2.24) is 5.32 Å². The fourth-order valence-corrected chi connectivity index (χ4v) is 2.33. The third kappa shape index (κ3) is 4.07. The largest absolute Gasteiger partial charge is 0.306 e. The third-order valence-corrected chi connectivity index (χ3v) is 4.35. The Morgan fingerprint density at radius 3 is 2.47 bits per heavy atom. The van der Waals surface area contributed by atoms with Crippen LogP contribution in [0, 0.1) is 6.92 Å². The van der Waals surface area contributed by atoms with Gasteiger partial charge in [-0.2, -0.15) is 0 Å². The summed E-state index contributed by atoms with van der Waals surface area (Å²) in [4.78, 5) is 0. The molecule has 100 valence electrons. The molecule has 2 aromatic rings. The minimum absolute atomic E-state index is 0.307. The predicted molar refractivity (Wildman–Crippen MR) is 85.6 cm³/mol. The van der Waals surface area contributed by atoms with Gasteiger partial charge >= 0.3 is 0 Å². The number of halogens is 2. The molecule has 3 heteroatoms. The van der Waals surface area contributed by atoms with Gasteiger partial charge in [-0.1, -0.05) is 51.8 Å². The summed E-state index contributed by atoms with van der Waals surface area (Å²) in [5.74, 6) is 0. The highest BCUT2D eigenvalue weighted by atomic mass is 79.9. The third-order valence-electron chi connectivity index (χ3n) is 3.20.